The highest BCUT2D eigenvalue weighted by molar-refractivity contribution is 6.17. The number of carbonyl (C=O) groups excluding carboxylic acids is 6. The van der Waals surface area contributed by atoms with Crippen LogP contribution in [0.25, 0.3) is 0 Å². The fraction of sp³-hybridized carbons (Fsp3) is 0.500. The molecule has 1 aromatic carbocycles. The van der Waals surface area contributed by atoms with Gasteiger partial charge in [0.1, 0.15) is 24.7 Å². The zero-order chi connectivity index (χ0) is 27.7. The van der Waals surface area contributed by atoms with E-state index in [9.17, 15) is 28.8 Å². The van der Waals surface area contributed by atoms with Crippen molar-refractivity contribution in [2.24, 2.45) is 11.8 Å². The number of nitrogens with zero attached hydrogens (tertiary/aromatic N) is 1. The molecule has 1 aromatic rings. The van der Waals surface area contributed by atoms with Gasteiger partial charge in [-0.15, -0.1) is 0 Å². The first-order valence-corrected chi connectivity index (χ1v) is 13.0. The Hall–Kier alpha value is -3.66. The fourth-order valence-electron chi connectivity index (χ4n) is 4.39. The summed E-state index contributed by atoms with van der Waals surface area (Å²) < 4.78 is 5.27. The standard InChI is InChI=1S/C28H35N3O7/c1-18(2)22-14-27(36)31(28(22)37)16-25(34)29-11-12-38-17-26(35)30-15-20-9-7-19(8-10-20)13-24(33)21-5-3-4-6-23(21)32/h7-10,14,18,21H,3-6,11-13,15-17H2,1-2H3,(H,29,34)(H,30,35). The summed E-state index contributed by atoms with van der Waals surface area (Å²) in [6.45, 7) is 3.55. The van der Waals surface area contributed by atoms with E-state index in [2.05, 4.69) is 10.6 Å². The molecule has 1 aliphatic carbocycles. The summed E-state index contributed by atoms with van der Waals surface area (Å²) in [7, 11) is 0. The van der Waals surface area contributed by atoms with E-state index in [1.54, 1.807) is 13.8 Å². The van der Waals surface area contributed by atoms with E-state index in [0.29, 0.717) is 25.0 Å². The first kappa shape index (κ1) is 28.9. The molecular formula is C28H35N3O7. The molecule has 38 heavy (non-hydrogen) atoms. The molecule has 1 heterocycles. The van der Waals surface area contributed by atoms with Gasteiger partial charge in [0.2, 0.25) is 11.8 Å². The summed E-state index contributed by atoms with van der Waals surface area (Å²) in [6.07, 6.45) is 4.42. The molecule has 1 atom stereocenters. The molecule has 3 rings (SSSR count). The van der Waals surface area contributed by atoms with E-state index in [4.69, 9.17) is 4.74 Å². The van der Waals surface area contributed by atoms with Crippen molar-refractivity contribution >= 4 is 35.2 Å². The second-order valence-corrected chi connectivity index (χ2v) is 9.89. The zero-order valence-electron chi connectivity index (χ0n) is 21.9. The predicted molar refractivity (Wildman–Crippen MR) is 137 cm³/mol. The van der Waals surface area contributed by atoms with Crippen molar-refractivity contribution in [1.29, 1.82) is 0 Å². The summed E-state index contributed by atoms with van der Waals surface area (Å²) >= 11 is 0. The number of ether oxygens (including phenoxy) is 1. The molecule has 1 aliphatic heterocycles. The van der Waals surface area contributed by atoms with Crippen LogP contribution in [0.4, 0.5) is 0 Å². The van der Waals surface area contributed by atoms with Crippen LogP contribution in [0.3, 0.4) is 0 Å². The van der Waals surface area contributed by atoms with Gasteiger partial charge in [0.15, 0.2) is 0 Å². The maximum absolute atomic E-state index is 12.5. The monoisotopic (exact) mass is 525 g/mol. The van der Waals surface area contributed by atoms with E-state index in [-0.39, 0.29) is 56.1 Å². The number of nitrogens with one attached hydrogen (secondary N) is 2. The van der Waals surface area contributed by atoms with Crippen LogP contribution in [0, 0.1) is 11.8 Å². The van der Waals surface area contributed by atoms with Crippen LogP contribution in [0.15, 0.2) is 35.9 Å². The molecule has 0 radical (unpaired) electrons. The molecule has 0 aromatic heterocycles. The van der Waals surface area contributed by atoms with Crippen LogP contribution in [0.2, 0.25) is 0 Å². The van der Waals surface area contributed by atoms with Crippen LogP contribution in [-0.4, -0.2) is 66.4 Å². The minimum Gasteiger partial charge on any atom is -0.370 e. The van der Waals surface area contributed by atoms with Gasteiger partial charge in [-0.05, 0) is 29.9 Å². The van der Waals surface area contributed by atoms with E-state index >= 15 is 0 Å². The molecule has 0 spiro atoms. The summed E-state index contributed by atoms with van der Waals surface area (Å²) in [4.78, 5) is 73.5. The molecule has 4 amide bonds. The fourth-order valence-corrected chi connectivity index (χ4v) is 4.39. The van der Waals surface area contributed by atoms with Gasteiger partial charge in [-0.1, -0.05) is 44.5 Å². The first-order chi connectivity index (χ1) is 18.2. The Balaban J connectivity index is 1.28. The number of rotatable bonds is 13. The number of Topliss-reactive ketones (excluding diaryl/α,β-unsaturated/α-hetero) is 2. The maximum Gasteiger partial charge on any atom is 0.257 e. The number of amides is 4. The SMILES string of the molecule is CC(C)C1=CC(=O)N(CC(=O)NCCOCC(=O)NCc2ccc(CC(=O)C3CCCCC3=O)cc2)C1=O. The number of carbonyl (C=O) groups is 6. The number of imide groups is 1. The quantitative estimate of drug-likeness (QED) is 0.225. The second-order valence-electron chi connectivity index (χ2n) is 9.89. The average Bonchev–Trinajstić information content (AvgIpc) is 3.17. The second kappa shape index (κ2) is 13.8. The normalized spacial score (nSPS) is 17.6. The van der Waals surface area contributed by atoms with Gasteiger partial charge in [0.05, 0.1) is 12.5 Å². The highest BCUT2D eigenvalue weighted by Gasteiger charge is 2.33. The summed E-state index contributed by atoms with van der Waals surface area (Å²) in [5.41, 5.74) is 2.08. The molecule has 204 valence electrons. The van der Waals surface area contributed by atoms with E-state index in [1.807, 2.05) is 24.3 Å². The third kappa shape index (κ3) is 8.17. The smallest absolute Gasteiger partial charge is 0.257 e. The summed E-state index contributed by atoms with van der Waals surface area (Å²) in [5, 5.41) is 5.30. The average molecular weight is 526 g/mol. The lowest BCUT2D eigenvalue weighted by Gasteiger charge is -2.19. The minimum atomic E-state index is -0.499. The van der Waals surface area contributed by atoms with Crippen LogP contribution in [-0.2, 0) is 46.5 Å². The Labute approximate surface area is 222 Å². The Bertz CT molecular complexity index is 1110. The molecular weight excluding hydrogens is 490 g/mol. The molecule has 2 N–H and O–H groups in total. The molecule has 1 saturated carbocycles. The van der Waals surface area contributed by atoms with Crippen molar-refractivity contribution in [3.63, 3.8) is 0 Å². The van der Waals surface area contributed by atoms with Gasteiger partial charge in [-0.2, -0.15) is 0 Å². The molecule has 10 heteroatoms. The first-order valence-electron chi connectivity index (χ1n) is 13.0. The Kier molecular flexibility index (Phi) is 10.5. The van der Waals surface area contributed by atoms with Crippen LogP contribution in [0.1, 0.15) is 50.7 Å². The van der Waals surface area contributed by atoms with Crippen molar-refractivity contribution in [2.45, 2.75) is 52.5 Å². The lowest BCUT2D eigenvalue weighted by molar-refractivity contribution is -0.141. The van der Waals surface area contributed by atoms with E-state index in [0.717, 1.165) is 28.9 Å². The number of hydrogen-bond acceptors (Lipinski definition) is 7. The lowest BCUT2D eigenvalue weighted by Crippen LogP contribution is -2.42. The summed E-state index contributed by atoms with van der Waals surface area (Å²) in [5.74, 6) is -2.32. The maximum atomic E-state index is 12.5. The van der Waals surface area contributed by atoms with Crippen molar-refractivity contribution in [3.05, 3.63) is 47.0 Å². The topological polar surface area (TPSA) is 139 Å². The molecule has 1 fully saturated rings. The summed E-state index contributed by atoms with van der Waals surface area (Å²) in [6, 6.07) is 7.32. The lowest BCUT2D eigenvalue weighted by atomic mass is 9.83. The third-order valence-corrected chi connectivity index (χ3v) is 6.60. The van der Waals surface area contributed by atoms with Crippen LogP contribution in [0.5, 0.6) is 0 Å². The third-order valence-electron chi connectivity index (χ3n) is 6.60. The number of ketones is 2. The number of benzene rings is 1. The van der Waals surface area contributed by atoms with Gasteiger partial charge >= 0.3 is 0 Å². The van der Waals surface area contributed by atoms with Gasteiger partial charge in [0.25, 0.3) is 11.8 Å². The highest BCUT2D eigenvalue weighted by Crippen LogP contribution is 2.23. The zero-order valence-corrected chi connectivity index (χ0v) is 21.9. The highest BCUT2D eigenvalue weighted by atomic mass is 16.5. The van der Waals surface area contributed by atoms with Gasteiger partial charge in [0, 0.05) is 37.6 Å². The molecule has 0 saturated heterocycles. The largest absolute Gasteiger partial charge is 0.370 e. The minimum absolute atomic E-state index is 0.0283. The van der Waals surface area contributed by atoms with Crippen molar-refractivity contribution in [2.75, 3.05) is 26.3 Å². The molecule has 0 bridgehead atoms. The molecule has 10 nitrogen and oxygen atoms in total. The molecule has 2 aliphatic rings. The Morgan fingerprint density at radius 1 is 1.00 bits per heavy atom. The van der Waals surface area contributed by atoms with Crippen LogP contribution >= 0.6 is 0 Å². The van der Waals surface area contributed by atoms with E-state index in [1.165, 1.54) is 6.08 Å². The van der Waals surface area contributed by atoms with Crippen LogP contribution < -0.4 is 10.6 Å². The van der Waals surface area contributed by atoms with Crippen molar-refractivity contribution in [1.82, 2.24) is 15.5 Å². The van der Waals surface area contributed by atoms with Gasteiger partial charge in [-0.3, -0.25) is 33.7 Å². The van der Waals surface area contributed by atoms with E-state index < -0.39 is 23.6 Å². The molecule has 1 unspecified atom stereocenters. The Morgan fingerprint density at radius 2 is 1.71 bits per heavy atom. The number of hydrogen-bond donors (Lipinski definition) is 2. The van der Waals surface area contributed by atoms with Crippen molar-refractivity contribution < 1.29 is 33.5 Å². The van der Waals surface area contributed by atoms with Gasteiger partial charge in [-0.25, -0.2) is 0 Å². The Morgan fingerprint density at radius 3 is 2.37 bits per heavy atom. The van der Waals surface area contributed by atoms with Gasteiger partial charge < -0.3 is 15.4 Å². The predicted octanol–water partition coefficient (Wildman–Crippen LogP) is 1.26. The van der Waals surface area contributed by atoms with Crippen molar-refractivity contribution in [3.8, 4) is 0 Å².